The zero-order valence-corrected chi connectivity index (χ0v) is 17.0. The second-order valence-electron chi connectivity index (χ2n) is 7.07. The largest absolute Gasteiger partial charge is 0.371 e. The number of amides is 1. The third-order valence-electron chi connectivity index (χ3n) is 5.29. The Bertz CT molecular complexity index is 985. The highest BCUT2D eigenvalue weighted by Gasteiger charge is 2.25. The summed E-state index contributed by atoms with van der Waals surface area (Å²) in [4.78, 5) is 19.3. The molecule has 28 heavy (non-hydrogen) atoms. The van der Waals surface area contributed by atoms with E-state index >= 15 is 0 Å². The van der Waals surface area contributed by atoms with Crippen molar-refractivity contribution in [3.63, 3.8) is 0 Å². The van der Waals surface area contributed by atoms with Crippen molar-refractivity contribution < 1.29 is 9.18 Å². The summed E-state index contributed by atoms with van der Waals surface area (Å²) in [6.07, 6.45) is 3.46. The lowest BCUT2D eigenvalue weighted by molar-refractivity contribution is -0.125. The fraction of sp³-hybridized carbons (Fsp3) is 0.273. The number of benzene rings is 2. The SMILES string of the molecule is O=C(NCc1ccc(F)cc1)C1CCN(c2ccnc3c(Br)cccc23)CC1. The van der Waals surface area contributed by atoms with Crippen LogP contribution in [0.2, 0.25) is 0 Å². The van der Waals surface area contributed by atoms with Gasteiger partial charge in [0.05, 0.1) is 5.52 Å². The van der Waals surface area contributed by atoms with Crippen LogP contribution < -0.4 is 10.2 Å². The standard InChI is InChI=1S/C22H21BrFN3O/c23-19-3-1-2-18-20(8-11-25-21(18)19)27-12-9-16(10-13-27)22(28)26-14-15-4-6-17(24)7-5-15/h1-8,11,16H,9-10,12-14H2,(H,26,28). The van der Waals surface area contributed by atoms with Crippen LogP contribution in [0.15, 0.2) is 59.2 Å². The second kappa shape index (κ2) is 8.27. The molecule has 6 heteroatoms. The average Bonchev–Trinajstić information content (AvgIpc) is 2.73. The molecule has 1 aliphatic rings. The van der Waals surface area contributed by atoms with E-state index in [9.17, 15) is 9.18 Å². The molecule has 0 saturated carbocycles. The van der Waals surface area contributed by atoms with E-state index in [1.54, 1.807) is 12.1 Å². The first-order chi connectivity index (χ1) is 13.6. The normalized spacial score (nSPS) is 15.0. The lowest BCUT2D eigenvalue weighted by Gasteiger charge is -2.33. The number of hydrogen-bond acceptors (Lipinski definition) is 3. The van der Waals surface area contributed by atoms with Crippen LogP contribution in [0.1, 0.15) is 18.4 Å². The average molecular weight is 442 g/mol. The first-order valence-corrected chi connectivity index (χ1v) is 10.2. The van der Waals surface area contributed by atoms with Gasteiger partial charge in [-0.1, -0.05) is 24.3 Å². The van der Waals surface area contributed by atoms with E-state index in [0.29, 0.717) is 6.54 Å². The number of halogens is 2. The summed E-state index contributed by atoms with van der Waals surface area (Å²) in [6, 6.07) is 14.4. The summed E-state index contributed by atoms with van der Waals surface area (Å²) in [5, 5.41) is 4.11. The number of rotatable bonds is 4. The molecule has 4 rings (SSSR count). The highest BCUT2D eigenvalue weighted by atomic mass is 79.9. The highest BCUT2D eigenvalue weighted by molar-refractivity contribution is 9.10. The molecule has 4 nitrogen and oxygen atoms in total. The Morgan fingerprint density at radius 3 is 2.64 bits per heavy atom. The Hall–Kier alpha value is -2.47. The van der Waals surface area contributed by atoms with E-state index in [2.05, 4.69) is 37.2 Å². The summed E-state index contributed by atoms with van der Waals surface area (Å²) in [5.41, 5.74) is 3.02. The van der Waals surface area contributed by atoms with Gasteiger partial charge in [-0.05, 0) is 58.6 Å². The molecular weight excluding hydrogens is 421 g/mol. The Morgan fingerprint density at radius 2 is 1.89 bits per heavy atom. The van der Waals surface area contributed by atoms with Gasteiger partial charge in [-0.3, -0.25) is 9.78 Å². The number of pyridine rings is 1. The Kier molecular flexibility index (Phi) is 5.57. The van der Waals surface area contributed by atoms with Gasteiger partial charge in [0.25, 0.3) is 0 Å². The number of piperidine rings is 1. The Balaban J connectivity index is 1.37. The van der Waals surface area contributed by atoms with Crippen molar-refractivity contribution in [3.05, 3.63) is 70.6 Å². The molecule has 0 radical (unpaired) electrons. The van der Waals surface area contributed by atoms with E-state index in [1.807, 2.05) is 24.4 Å². The maximum Gasteiger partial charge on any atom is 0.223 e. The second-order valence-corrected chi connectivity index (χ2v) is 7.93. The predicted octanol–water partition coefficient (Wildman–Crippen LogP) is 4.67. The van der Waals surface area contributed by atoms with Crippen LogP contribution in [0.3, 0.4) is 0 Å². The van der Waals surface area contributed by atoms with E-state index < -0.39 is 0 Å². The van der Waals surface area contributed by atoms with E-state index in [-0.39, 0.29) is 17.6 Å². The molecule has 2 aromatic carbocycles. The van der Waals surface area contributed by atoms with Crippen molar-refractivity contribution in [2.45, 2.75) is 19.4 Å². The third kappa shape index (κ3) is 4.02. The number of carbonyl (C=O) groups is 1. The van der Waals surface area contributed by atoms with Crippen LogP contribution in [0.5, 0.6) is 0 Å². The maximum atomic E-state index is 13.0. The van der Waals surface area contributed by atoms with Gasteiger partial charge in [0.1, 0.15) is 5.82 Å². The molecule has 0 atom stereocenters. The number of aromatic nitrogens is 1. The molecule has 0 unspecified atom stereocenters. The molecular formula is C22H21BrFN3O. The molecule has 1 aromatic heterocycles. The first kappa shape index (κ1) is 18.9. The van der Waals surface area contributed by atoms with Crippen LogP contribution in [0.25, 0.3) is 10.9 Å². The van der Waals surface area contributed by atoms with Crippen LogP contribution in [-0.4, -0.2) is 24.0 Å². The molecule has 1 amide bonds. The zero-order chi connectivity index (χ0) is 19.5. The Morgan fingerprint density at radius 1 is 1.14 bits per heavy atom. The lowest BCUT2D eigenvalue weighted by atomic mass is 9.95. The van der Waals surface area contributed by atoms with Crippen molar-refractivity contribution >= 4 is 38.4 Å². The van der Waals surface area contributed by atoms with Gasteiger partial charge < -0.3 is 10.2 Å². The summed E-state index contributed by atoms with van der Waals surface area (Å²) in [7, 11) is 0. The van der Waals surface area contributed by atoms with Crippen molar-refractivity contribution in [2.75, 3.05) is 18.0 Å². The van der Waals surface area contributed by atoms with Crippen molar-refractivity contribution in [3.8, 4) is 0 Å². The number of fused-ring (bicyclic) bond motifs is 1. The number of para-hydroxylation sites is 1. The van der Waals surface area contributed by atoms with Gasteiger partial charge in [-0.15, -0.1) is 0 Å². The maximum absolute atomic E-state index is 13.0. The van der Waals surface area contributed by atoms with Crippen LogP contribution in [-0.2, 0) is 11.3 Å². The fourth-order valence-corrected chi connectivity index (χ4v) is 4.19. The number of nitrogens with zero attached hydrogens (tertiary/aromatic N) is 2. The van der Waals surface area contributed by atoms with Crippen molar-refractivity contribution in [2.24, 2.45) is 5.92 Å². The summed E-state index contributed by atoms with van der Waals surface area (Å²) in [6.45, 7) is 2.10. The molecule has 0 bridgehead atoms. The summed E-state index contributed by atoms with van der Waals surface area (Å²) < 4.78 is 14.0. The van der Waals surface area contributed by atoms with E-state index in [1.165, 1.54) is 12.1 Å². The minimum absolute atomic E-state index is 0.0107. The van der Waals surface area contributed by atoms with Crippen LogP contribution >= 0.6 is 15.9 Å². The van der Waals surface area contributed by atoms with Gasteiger partial charge in [-0.2, -0.15) is 0 Å². The van der Waals surface area contributed by atoms with Gasteiger partial charge >= 0.3 is 0 Å². The molecule has 3 aromatic rings. The summed E-state index contributed by atoms with van der Waals surface area (Å²) >= 11 is 3.57. The molecule has 144 valence electrons. The van der Waals surface area contributed by atoms with Gasteiger partial charge in [0, 0.05) is 47.3 Å². The molecule has 1 fully saturated rings. The van der Waals surface area contributed by atoms with E-state index in [0.717, 1.165) is 52.6 Å². The molecule has 2 heterocycles. The van der Waals surface area contributed by atoms with Crippen LogP contribution in [0, 0.1) is 11.7 Å². The first-order valence-electron chi connectivity index (χ1n) is 9.42. The monoisotopic (exact) mass is 441 g/mol. The minimum atomic E-state index is -0.266. The van der Waals surface area contributed by atoms with Crippen molar-refractivity contribution in [1.29, 1.82) is 0 Å². The lowest BCUT2D eigenvalue weighted by Crippen LogP contribution is -2.40. The van der Waals surface area contributed by atoms with E-state index in [4.69, 9.17) is 0 Å². The quantitative estimate of drug-likeness (QED) is 0.639. The molecule has 1 aliphatic heterocycles. The number of anilines is 1. The van der Waals surface area contributed by atoms with Crippen LogP contribution in [0.4, 0.5) is 10.1 Å². The summed E-state index contributed by atoms with van der Waals surface area (Å²) in [5.74, 6) is -0.180. The smallest absolute Gasteiger partial charge is 0.223 e. The molecule has 1 N–H and O–H groups in total. The predicted molar refractivity (Wildman–Crippen MR) is 113 cm³/mol. The van der Waals surface area contributed by atoms with Gasteiger partial charge in [-0.25, -0.2) is 4.39 Å². The van der Waals surface area contributed by atoms with Gasteiger partial charge in [0.2, 0.25) is 5.91 Å². The van der Waals surface area contributed by atoms with Crippen molar-refractivity contribution in [1.82, 2.24) is 10.3 Å². The Labute approximate surface area is 171 Å². The zero-order valence-electron chi connectivity index (χ0n) is 15.4. The topological polar surface area (TPSA) is 45.2 Å². The molecule has 0 spiro atoms. The molecule has 0 aliphatic carbocycles. The minimum Gasteiger partial charge on any atom is -0.371 e. The number of carbonyl (C=O) groups excluding carboxylic acids is 1. The number of nitrogens with one attached hydrogen (secondary N) is 1. The fourth-order valence-electron chi connectivity index (χ4n) is 3.72. The highest BCUT2D eigenvalue weighted by Crippen LogP contribution is 2.32. The van der Waals surface area contributed by atoms with Gasteiger partial charge in [0.15, 0.2) is 0 Å². The molecule has 1 saturated heterocycles. The third-order valence-corrected chi connectivity index (χ3v) is 5.93. The number of hydrogen-bond donors (Lipinski definition) is 1.